The molecule has 2 bridgehead atoms. The molecule has 0 unspecified atom stereocenters. The minimum atomic E-state index is -4.33. The van der Waals surface area contributed by atoms with Crippen LogP contribution in [-0.2, 0) is 6.18 Å². The number of rotatable bonds is 3. The lowest BCUT2D eigenvalue weighted by Gasteiger charge is -2.24. The Morgan fingerprint density at radius 3 is 2.44 bits per heavy atom. The number of aromatic nitrogens is 2. The van der Waals surface area contributed by atoms with Gasteiger partial charge in [-0.3, -0.25) is 0 Å². The number of hydrogen-bond acceptors (Lipinski definition) is 3. The number of nitrogens with zero attached hydrogens (tertiary/aromatic N) is 2. The van der Waals surface area contributed by atoms with Crippen molar-refractivity contribution in [2.75, 3.05) is 5.32 Å². The van der Waals surface area contributed by atoms with Crippen molar-refractivity contribution in [2.24, 2.45) is 11.8 Å². The molecule has 0 spiro atoms. The average Bonchev–Trinajstić information content (AvgIpc) is 3.17. The van der Waals surface area contributed by atoms with Gasteiger partial charge in [0.1, 0.15) is 11.6 Å². The van der Waals surface area contributed by atoms with Gasteiger partial charge in [0.15, 0.2) is 0 Å². The van der Waals surface area contributed by atoms with E-state index < -0.39 is 11.7 Å². The van der Waals surface area contributed by atoms with E-state index in [1.165, 1.54) is 31.4 Å². The maximum Gasteiger partial charge on any atom is 0.416 e. The summed E-state index contributed by atoms with van der Waals surface area (Å²) in [5.74, 6) is 2.87. The fraction of sp³-hybridized carbons (Fsp3) is 0.474. The molecule has 25 heavy (non-hydrogen) atoms. The molecule has 4 rings (SSSR count). The van der Waals surface area contributed by atoms with Gasteiger partial charge in [-0.1, -0.05) is 18.6 Å². The van der Waals surface area contributed by atoms with Crippen molar-refractivity contribution in [2.45, 2.75) is 44.8 Å². The molecule has 0 aliphatic heterocycles. The molecule has 1 N–H and O–H groups in total. The Labute approximate surface area is 144 Å². The van der Waals surface area contributed by atoms with Crippen molar-refractivity contribution < 1.29 is 13.2 Å². The normalized spacial score (nSPS) is 25.4. The molecule has 2 aliphatic rings. The highest BCUT2D eigenvalue weighted by Crippen LogP contribution is 2.46. The second-order valence-electron chi connectivity index (χ2n) is 7.18. The Bertz CT molecular complexity index is 770. The second-order valence-corrected chi connectivity index (χ2v) is 7.18. The fourth-order valence-corrected chi connectivity index (χ4v) is 4.23. The number of fused-ring (bicyclic) bond motifs is 2. The van der Waals surface area contributed by atoms with Crippen molar-refractivity contribution in [3.05, 3.63) is 41.9 Å². The number of alkyl halides is 3. The first-order chi connectivity index (χ1) is 11.9. The average molecular weight is 347 g/mol. The Balaban J connectivity index is 1.63. The van der Waals surface area contributed by atoms with Crippen molar-refractivity contribution in [1.82, 2.24) is 9.97 Å². The highest BCUT2D eigenvalue weighted by atomic mass is 19.4. The Morgan fingerprint density at radius 1 is 1.08 bits per heavy atom. The van der Waals surface area contributed by atoms with Crippen LogP contribution < -0.4 is 5.32 Å². The summed E-state index contributed by atoms with van der Waals surface area (Å²) in [5, 5.41) is 3.55. The zero-order chi connectivity index (χ0) is 17.6. The van der Waals surface area contributed by atoms with Crippen LogP contribution in [-0.4, -0.2) is 16.0 Å². The summed E-state index contributed by atoms with van der Waals surface area (Å²) in [4.78, 5) is 8.76. The minimum Gasteiger partial charge on any atom is -0.366 e. The van der Waals surface area contributed by atoms with E-state index in [1.807, 2.05) is 6.92 Å². The maximum atomic E-state index is 12.8. The van der Waals surface area contributed by atoms with Gasteiger partial charge in [-0.2, -0.15) is 13.2 Å². The van der Waals surface area contributed by atoms with E-state index in [1.54, 1.807) is 6.20 Å². The first kappa shape index (κ1) is 16.4. The van der Waals surface area contributed by atoms with Gasteiger partial charge in [0.2, 0.25) is 0 Å². The van der Waals surface area contributed by atoms with Gasteiger partial charge in [-0.05, 0) is 55.7 Å². The maximum absolute atomic E-state index is 12.8. The second kappa shape index (κ2) is 6.00. The number of anilines is 1. The van der Waals surface area contributed by atoms with E-state index in [4.69, 9.17) is 0 Å². The van der Waals surface area contributed by atoms with Crippen molar-refractivity contribution in [3.63, 3.8) is 0 Å². The largest absolute Gasteiger partial charge is 0.416 e. The highest BCUT2D eigenvalue weighted by Gasteiger charge is 2.39. The molecule has 3 atom stereocenters. The van der Waals surface area contributed by atoms with Crippen molar-refractivity contribution >= 4 is 5.82 Å². The smallest absolute Gasteiger partial charge is 0.366 e. The van der Waals surface area contributed by atoms with Gasteiger partial charge in [0.05, 0.1) is 5.56 Å². The predicted octanol–water partition coefficient (Wildman–Crippen LogP) is 5.07. The molecule has 2 aromatic rings. The van der Waals surface area contributed by atoms with E-state index in [2.05, 4.69) is 15.3 Å². The van der Waals surface area contributed by atoms with Gasteiger partial charge >= 0.3 is 6.18 Å². The summed E-state index contributed by atoms with van der Waals surface area (Å²) in [5.41, 5.74) is 0.799. The van der Waals surface area contributed by atoms with Crippen LogP contribution in [0.2, 0.25) is 0 Å². The monoisotopic (exact) mass is 347 g/mol. The lowest BCUT2D eigenvalue weighted by atomic mass is 9.95. The minimum absolute atomic E-state index is 0.404. The molecule has 132 valence electrons. The summed E-state index contributed by atoms with van der Waals surface area (Å²) in [6.07, 6.45) is 2.36. The van der Waals surface area contributed by atoms with Gasteiger partial charge in [0.25, 0.3) is 0 Å². The van der Waals surface area contributed by atoms with E-state index >= 15 is 0 Å². The third-order valence-corrected chi connectivity index (χ3v) is 5.49. The molecule has 2 fully saturated rings. The van der Waals surface area contributed by atoms with E-state index in [0.717, 1.165) is 35.9 Å². The molecule has 0 amide bonds. The fourth-order valence-electron chi connectivity index (χ4n) is 4.23. The van der Waals surface area contributed by atoms with Crippen molar-refractivity contribution in [3.8, 4) is 11.1 Å². The van der Waals surface area contributed by atoms with Crippen LogP contribution in [0.25, 0.3) is 11.1 Å². The summed E-state index contributed by atoms with van der Waals surface area (Å²) in [6.45, 7) is 1.82. The van der Waals surface area contributed by atoms with Gasteiger partial charge in [-0.15, -0.1) is 0 Å². The summed E-state index contributed by atoms with van der Waals surface area (Å²) < 4.78 is 38.3. The zero-order valence-corrected chi connectivity index (χ0v) is 14.0. The third kappa shape index (κ3) is 3.22. The topological polar surface area (TPSA) is 37.8 Å². The first-order valence-corrected chi connectivity index (χ1v) is 8.68. The third-order valence-electron chi connectivity index (χ3n) is 5.49. The van der Waals surface area contributed by atoms with Gasteiger partial charge in [0, 0.05) is 17.8 Å². The number of benzene rings is 1. The lowest BCUT2D eigenvalue weighted by molar-refractivity contribution is -0.137. The molecule has 3 nitrogen and oxygen atoms in total. The summed E-state index contributed by atoms with van der Waals surface area (Å²) in [6, 6.07) is 5.60. The molecule has 0 radical (unpaired) electrons. The number of aryl methyl sites for hydroxylation is 1. The quantitative estimate of drug-likeness (QED) is 0.842. The van der Waals surface area contributed by atoms with Crippen LogP contribution in [0.3, 0.4) is 0 Å². The predicted molar refractivity (Wildman–Crippen MR) is 90.1 cm³/mol. The molecular formula is C19H20F3N3. The molecule has 0 saturated heterocycles. The zero-order valence-electron chi connectivity index (χ0n) is 14.0. The molecule has 2 aliphatic carbocycles. The standard InChI is InChI=1S/C19H20F3N3/c1-11-23-10-16(13-4-6-15(7-5-13)19(20,21)22)18(24-11)25-17-9-12-2-3-14(17)8-12/h4-7,10,12,14,17H,2-3,8-9H2,1H3,(H,23,24,25)/t12-,14-,17+/m1/s1. The molecular weight excluding hydrogens is 327 g/mol. The Morgan fingerprint density at radius 2 is 1.84 bits per heavy atom. The summed E-state index contributed by atoms with van der Waals surface area (Å²) in [7, 11) is 0. The summed E-state index contributed by atoms with van der Waals surface area (Å²) >= 11 is 0. The highest BCUT2D eigenvalue weighted by molar-refractivity contribution is 5.74. The Kier molecular flexibility index (Phi) is 3.93. The Hall–Kier alpha value is -2.11. The van der Waals surface area contributed by atoms with Gasteiger partial charge in [-0.25, -0.2) is 9.97 Å². The lowest BCUT2D eigenvalue weighted by Crippen LogP contribution is -2.26. The molecule has 1 aromatic carbocycles. The number of nitrogens with one attached hydrogen (secondary N) is 1. The SMILES string of the molecule is Cc1ncc(-c2ccc(C(F)(F)F)cc2)c(N[C@H]2C[C@@H]3CC[C@@H]2C3)n1. The van der Waals surface area contributed by atoms with E-state index in [-0.39, 0.29) is 0 Å². The number of halogens is 3. The molecule has 1 heterocycles. The molecule has 2 saturated carbocycles. The van der Waals surface area contributed by atoms with Crippen LogP contribution in [0.15, 0.2) is 30.5 Å². The van der Waals surface area contributed by atoms with Crippen LogP contribution in [0, 0.1) is 18.8 Å². The van der Waals surface area contributed by atoms with Crippen LogP contribution >= 0.6 is 0 Å². The van der Waals surface area contributed by atoms with Crippen LogP contribution in [0.4, 0.5) is 19.0 Å². The van der Waals surface area contributed by atoms with E-state index in [0.29, 0.717) is 23.3 Å². The van der Waals surface area contributed by atoms with Crippen LogP contribution in [0.1, 0.15) is 37.1 Å². The van der Waals surface area contributed by atoms with Crippen LogP contribution in [0.5, 0.6) is 0 Å². The molecule has 6 heteroatoms. The van der Waals surface area contributed by atoms with Gasteiger partial charge < -0.3 is 5.32 Å². The number of hydrogen-bond donors (Lipinski definition) is 1. The van der Waals surface area contributed by atoms with Crippen molar-refractivity contribution in [1.29, 1.82) is 0 Å². The van der Waals surface area contributed by atoms with E-state index in [9.17, 15) is 13.2 Å². The molecule has 1 aromatic heterocycles. The first-order valence-electron chi connectivity index (χ1n) is 8.68.